The molecule has 0 aliphatic heterocycles. The van der Waals surface area contributed by atoms with Crippen LogP contribution in [0.2, 0.25) is 0 Å². The minimum Gasteiger partial charge on any atom is -0.456 e. The largest absolute Gasteiger partial charge is 0.456 e. The van der Waals surface area contributed by atoms with Crippen LogP contribution in [-0.2, 0) is 0 Å². The number of nitriles is 1. The average molecular weight is 272 g/mol. The fraction of sp³-hybridized carbons (Fsp3) is 0. The quantitative estimate of drug-likeness (QED) is 0.614. The normalized spacial score (nSPS) is 10.8. The highest BCUT2D eigenvalue weighted by molar-refractivity contribution is 9.10. The van der Waals surface area contributed by atoms with Crippen molar-refractivity contribution in [2.45, 2.75) is 0 Å². The number of fused-ring (bicyclic) bond motifs is 3. The van der Waals surface area contributed by atoms with Crippen LogP contribution in [0.25, 0.3) is 21.9 Å². The minimum absolute atomic E-state index is 0.644. The number of furan rings is 1. The first-order valence-electron chi connectivity index (χ1n) is 4.80. The first-order chi connectivity index (χ1) is 7.79. The predicted molar refractivity (Wildman–Crippen MR) is 66.1 cm³/mol. The second-order valence-electron chi connectivity index (χ2n) is 3.54. The Balaban J connectivity index is 2.56. The maximum Gasteiger partial charge on any atom is 0.136 e. The van der Waals surface area contributed by atoms with Gasteiger partial charge in [-0.25, -0.2) is 0 Å². The molecule has 0 amide bonds. The molecule has 0 saturated carbocycles. The van der Waals surface area contributed by atoms with E-state index in [1.54, 1.807) is 6.07 Å². The summed E-state index contributed by atoms with van der Waals surface area (Å²) in [5, 5.41) is 10.9. The van der Waals surface area contributed by atoms with E-state index in [9.17, 15) is 0 Å². The highest BCUT2D eigenvalue weighted by Gasteiger charge is 2.09. The molecule has 2 aromatic carbocycles. The van der Waals surface area contributed by atoms with Crippen molar-refractivity contribution in [2.75, 3.05) is 0 Å². The number of nitrogens with zero attached hydrogens (tertiary/aromatic N) is 1. The summed E-state index contributed by atoms with van der Waals surface area (Å²) < 4.78 is 6.68. The first kappa shape index (κ1) is 9.44. The number of rotatable bonds is 0. The summed E-state index contributed by atoms with van der Waals surface area (Å²) in [6.07, 6.45) is 0. The van der Waals surface area contributed by atoms with E-state index in [1.165, 1.54) is 0 Å². The minimum atomic E-state index is 0.644. The van der Waals surface area contributed by atoms with Gasteiger partial charge in [-0.15, -0.1) is 0 Å². The van der Waals surface area contributed by atoms with E-state index in [4.69, 9.17) is 9.68 Å². The van der Waals surface area contributed by atoms with Gasteiger partial charge in [0.1, 0.15) is 11.2 Å². The topological polar surface area (TPSA) is 36.9 Å². The fourth-order valence-corrected chi connectivity index (χ4v) is 2.41. The van der Waals surface area contributed by atoms with Gasteiger partial charge in [-0.05, 0) is 30.3 Å². The van der Waals surface area contributed by atoms with Crippen molar-refractivity contribution < 1.29 is 4.42 Å². The van der Waals surface area contributed by atoms with E-state index < -0.39 is 0 Å². The second-order valence-corrected chi connectivity index (χ2v) is 4.39. The molecule has 16 heavy (non-hydrogen) atoms. The Bertz CT molecular complexity index is 737. The van der Waals surface area contributed by atoms with Crippen molar-refractivity contribution in [1.82, 2.24) is 0 Å². The number of halogens is 1. The van der Waals surface area contributed by atoms with Gasteiger partial charge in [-0.2, -0.15) is 5.26 Å². The SMILES string of the molecule is N#Cc1ccc2oc3cccc(Br)c3c2c1. The van der Waals surface area contributed by atoms with Crippen LogP contribution in [-0.4, -0.2) is 0 Å². The van der Waals surface area contributed by atoms with Crippen molar-refractivity contribution in [1.29, 1.82) is 5.26 Å². The zero-order chi connectivity index (χ0) is 11.1. The summed E-state index contributed by atoms with van der Waals surface area (Å²) in [4.78, 5) is 0. The summed E-state index contributed by atoms with van der Waals surface area (Å²) in [5.74, 6) is 0. The highest BCUT2D eigenvalue weighted by Crippen LogP contribution is 2.34. The van der Waals surface area contributed by atoms with Crippen LogP contribution in [0, 0.1) is 11.3 Å². The Morgan fingerprint density at radius 2 is 2.00 bits per heavy atom. The summed E-state index contributed by atoms with van der Waals surface area (Å²) in [6.45, 7) is 0. The summed E-state index contributed by atoms with van der Waals surface area (Å²) in [5.41, 5.74) is 2.28. The van der Waals surface area contributed by atoms with Crippen LogP contribution in [0.3, 0.4) is 0 Å². The summed E-state index contributed by atoms with van der Waals surface area (Å²) >= 11 is 3.50. The van der Waals surface area contributed by atoms with Crippen LogP contribution >= 0.6 is 15.9 Å². The molecular weight excluding hydrogens is 266 g/mol. The monoisotopic (exact) mass is 271 g/mol. The van der Waals surface area contributed by atoms with Gasteiger partial charge in [0, 0.05) is 15.2 Å². The lowest BCUT2D eigenvalue weighted by Gasteiger charge is -1.92. The van der Waals surface area contributed by atoms with Crippen LogP contribution in [0.5, 0.6) is 0 Å². The zero-order valence-electron chi connectivity index (χ0n) is 8.20. The molecule has 2 nitrogen and oxygen atoms in total. The Morgan fingerprint density at radius 3 is 2.81 bits per heavy atom. The molecule has 76 valence electrons. The van der Waals surface area contributed by atoms with Crippen LogP contribution in [0.15, 0.2) is 45.3 Å². The molecule has 0 N–H and O–H groups in total. The fourth-order valence-electron chi connectivity index (χ4n) is 1.85. The van der Waals surface area contributed by atoms with Gasteiger partial charge in [0.2, 0.25) is 0 Å². The maximum absolute atomic E-state index is 8.88. The van der Waals surface area contributed by atoms with Gasteiger partial charge in [0.15, 0.2) is 0 Å². The lowest BCUT2D eigenvalue weighted by Crippen LogP contribution is -1.73. The molecule has 3 rings (SSSR count). The van der Waals surface area contributed by atoms with Crippen molar-refractivity contribution in [3.63, 3.8) is 0 Å². The summed E-state index contributed by atoms with van der Waals surface area (Å²) in [6, 6.07) is 13.4. The Labute approximate surface area is 100 Å². The van der Waals surface area contributed by atoms with Crippen LogP contribution < -0.4 is 0 Å². The van der Waals surface area contributed by atoms with E-state index in [0.717, 1.165) is 26.4 Å². The van der Waals surface area contributed by atoms with E-state index in [2.05, 4.69) is 22.0 Å². The lowest BCUT2D eigenvalue weighted by molar-refractivity contribution is 0.669. The third kappa shape index (κ3) is 1.24. The van der Waals surface area contributed by atoms with Crippen molar-refractivity contribution in [2.24, 2.45) is 0 Å². The molecule has 0 aliphatic carbocycles. The summed E-state index contributed by atoms with van der Waals surface area (Å²) in [7, 11) is 0. The van der Waals surface area contributed by atoms with Gasteiger partial charge in [0.25, 0.3) is 0 Å². The van der Waals surface area contributed by atoms with Crippen LogP contribution in [0.1, 0.15) is 5.56 Å². The smallest absolute Gasteiger partial charge is 0.136 e. The zero-order valence-corrected chi connectivity index (χ0v) is 9.78. The number of hydrogen-bond acceptors (Lipinski definition) is 2. The van der Waals surface area contributed by atoms with Crippen LogP contribution in [0.4, 0.5) is 0 Å². The molecular formula is C13H6BrNO. The molecule has 0 spiro atoms. The molecule has 1 aromatic heterocycles. The third-order valence-corrected chi connectivity index (χ3v) is 3.23. The van der Waals surface area contributed by atoms with Crippen molar-refractivity contribution in [3.05, 3.63) is 46.4 Å². The lowest BCUT2D eigenvalue weighted by atomic mass is 10.1. The van der Waals surface area contributed by atoms with Gasteiger partial charge >= 0.3 is 0 Å². The van der Waals surface area contributed by atoms with Gasteiger partial charge < -0.3 is 4.42 Å². The van der Waals surface area contributed by atoms with E-state index in [0.29, 0.717) is 5.56 Å². The second kappa shape index (κ2) is 3.36. The molecule has 3 heteroatoms. The predicted octanol–water partition coefficient (Wildman–Crippen LogP) is 4.22. The molecule has 0 radical (unpaired) electrons. The molecule has 0 aliphatic rings. The standard InChI is InChI=1S/C13H6BrNO/c14-10-2-1-3-12-13(10)9-6-8(7-15)4-5-11(9)16-12/h1-6H. The molecule has 3 aromatic rings. The molecule has 0 bridgehead atoms. The van der Waals surface area contributed by atoms with Gasteiger partial charge in [-0.1, -0.05) is 22.0 Å². The average Bonchev–Trinajstić information content (AvgIpc) is 2.67. The Hall–Kier alpha value is -1.79. The molecule has 0 unspecified atom stereocenters. The van der Waals surface area contributed by atoms with Crippen molar-refractivity contribution in [3.8, 4) is 6.07 Å². The molecule has 0 fully saturated rings. The van der Waals surface area contributed by atoms with Crippen molar-refractivity contribution >= 4 is 37.9 Å². The van der Waals surface area contributed by atoms with Gasteiger partial charge in [-0.3, -0.25) is 0 Å². The first-order valence-corrected chi connectivity index (χ1v) is 5.60. The highest BCUT2D eigenvalue weighted by atomic mass is 79.9. The molecule has 1 heterocycles. The number of hydrogen-bond donors (Lipinski definition) is 0. The Kier molecular flexibility index (Phi) is 1.98. The van der Waals surface area contributed by atoms with E-state index >= 15 is 0 Å². The third-order valence-electron chi connectivity index (χ3n) is 2.57. The number of benzene rings is 2. The van der Waals surface area contributed by atoms with E-state index in [1.807, 2.05) is 30.3 Å². The van der Waals surface area contributed by atoms with E-state index in [-0.39, 0.29) is 0 Å². The Morgan fingerprint density at radius 1 is 1.12 bits per heavy atom. The maximum atomic E-state index is 8.88. The molecule has 0 atom stereocenters. The molecule has 0 saturated heterocycles. The van der Waals surface area contributed by atoms with Gasteiger partial charge in [0.05, 0.1) is 11.6 Å².